The Kier molecular flexibility index (Phi) is 6.62. The van der Waals surface area contributed by atoms with Gasteiger partial charge in [0.1, 0.15) is 0 Å². The summed E-state index contributed by atoms with van der Waals surface area (Å²) in [5, 5.41) is 0. The average molecular weight is 277 g/mol. The summed E-state index contributed by atoms with van der Waals surface area (Å²) in [5.41, 5.74) is 0. The van der Waals surface area contributed by atoms with Crippen LogP contribution in [0, 0.1) is 0 Å². The van der Waals surface area contributed by atoms with E-state index in [-0.39, 0.29) is 0 Å². The first-order valence-corrected chi connectivity index (χ1v) is 8.79. The van der Waals surface area contributed by atoms with Crippen molar-refractivity contribution in [3.63, 3.8) is 0 Å². The van der Waals surface area contributed by atoms with Gasteiger partial charge in [-0.15, -0.1) is 0 Å². The lowest BCUT2D eigenvalue weighted by Crippen LogP contribution is -2.44. The molecule has 20 heavy (non-hydrogen) atoms. The molecule has 2 saturated heterocycles. The van der Waals surface area contributed by atoms with Crippen molar-refractivity contribution < 1.29 is 4.79 Å². The molecule has 0 aliphatic carbocycles. The van der Waals surface area contributed by atoms with Crippen LogP contribution in [0.1, 0.15) is 84.0 Å². The van der Waals surface area contributed by atoms with E-state index in [4.69, 9.17) is 0 Å². The van der Waals surface area contributed by atoms with Crippen LogP contribution in [0.2, 0.25) is 0 Å². The number of unbranched alkanes of at least 4 members (excludes halogenated alkanes) is 5. The van der Waals surface area contributed by atoms with Gasteiger partial charge in [-0.05, 0) is 44.9 Å². The van der Waals surface area contributed by atoms with Crippen LogP contribution in [0.4, 0.5) is 0 Å². The van der Waals surface area contributed by atoms with Gasteiger partial charge in [0.25, 0.3) is 0 Å². The maximum absolute atomic E-state index is 12.0. The zero-order valence-corrected chi connectivity index (χ0v) is 13.2. The second kappa shape index (κ2) is 8.49. The smallest absolute Gasteiger partial charge is 0.223 e. The lowest BCUT2D eigenvalue weighted by atomic mass is 9.94. The summed E-state index contributed by atoms with van der Waals surface area (Å²) in [4.78, 5) is 14.2. The molecule has 2 heterocycles. The molecular formula is C18H31NO. The second-order valence-electron chi connectivity index (χ2n) is 6.49. The van der Waals surface area contributed by atoms with Gasteiger partial charge < -0.3 is 4.90 Å². The zero-order valence-electron chi connectivity index (χ0n) is 13.2. The first-order valence-electron chi connectivity index (χ1n) is 8.79. The molecule has 2 aliphatic rings. The van der Waals surface area contributed by atoms with Crippen molar-refractivity contribution >= 4 is 5.91 Å². The molecule has 0 unspecified atom stereocenters. The van der Waals surface area contributed by atoms with Crippen molar-refractivity contribution in [2.75, 3.05) is 0 Å². The first kappa shape index (κ1) is 15.6. The molecule has 0 N–H and O–H groups in total. The van der Waals surface area contributed by atoms with Crippen LogP contribution in [-0.2, 0) is 4.79 Å². The number of hydrogen-bond donors (Lipinski definition) is 0. The zero-order chi connectivity index (χ0) is 14.2. The van der Waals surface area contributed by atoms with Gasteiger partial charge in [0.2, 0.25) is 5.91 Å². The number of carbonyl (C=O) groups is 1. The van der Waals surface area contributed by atoms with Crippen LogP contribution in [0.25, 0.3) is 0 Å². The van der Waals surface area contributed by atoms with Gasteiger partial charge in [-0.25, -0.2) is 0 Å². The van der Waals surface area contributed by atoms with Gasteiger partial charge in [0, 0.05) is 18.5 Å². The number of piperidine rings is 1. The van der Waals surface area contributed by atoms with Gasteiger partial charge in [0.05, 0.1) is 0 Å². The molecule has 2 heteroatoms. The molecule has 2 nitrogen and oxygen atoms in total. The number of carbonyl (C=O) groups excluding carboxylic acids is 1. The molecule has 2 atom stereocenters. The minimum Gasteiger partial charge on any atom is -0.336 e. The van der Waals surface area contributed by atoms with Gasteiger partial charge in [-0.3, -0.25) is 4.79 Å². The minimum atomic E-state index is 0.410. The van der Waals surface area contributed by atoms with Crippen LogP contribution in [0.5, 0.6) is 0 Å². The summed E-state index contributed by atoms with van der Waals surface area (Å²) >= 11 is 0. The molecule has 0 aromatic heterocycles. The number of nitrogens with zero attached hydrogens (tertiary/aromatic N) is 1. The highest BCUT2D eigenvalue weighted by molar-refractivity contribution is 5.79. The van der Waals surface area contributed by atoms with E-state index in [0.717, 1.165) is 19.3 Å². The molecule has 0 bridgehead atoms. The molecule has 0 saturated carbocycles. The Hall–Kier alpha value is -0.790. The van der Waals surface area contributed by atoms with Gasteiger partial charge in [-0.2, -0.15) is 0 Å². The predicted molar refractivity (Wildman–Crippen MR) is 84.6 cm³/mol. The molecule has 0 aromatic rings. The van der Waals surface area contributed by atoms with Crippen molar-refractivity contribution in [1.82, 2.24) is 4.90 Å². The van der Waals surface area contributed by atoms with Crippen LogP contribution in [0.3, 0.4) is 0 Å². The summed E-state index contributed by atoms with van der Waals surface area (Å²) in [7, 11) is 0. The molecule has 0 aromatic carbocycles. The van der Waals surface area contributed by atoms with Crippen molar-refractivity contribution in [3.05, 3.63) is 12.2 Å². The van der Waals surface area contributed by atoms with Crippen molar-refractivity contribution in [2.24, 2.45) is 0 Å². The van der Waals surface area contributed by atoms with E-state index in [1.54, 1.807) is 0 Å². The van der Waals surface area contributed by atoms with E-state index in [0.29, 0.717) is 18.0 Å². The van der Waals surface area contributed by atoms with Crippen molar-refractivity contribution in [2.45, 2.75) is 96.1 Å². The predicted octanol–water partition coefficient (Wildman–Crippen LogP) is 4.84. The molecule has 1 amide bonds. The number of amides is 1. The summed E-state index contributed by atoms with van der Waals surface area (Å²) in [6, 6.07) is 1.07. The monoisotopic (exact) mass is 277 g/mol. The quantitative estimate of drug-likeness (QED) is 0.459. The average Bonchev–Trinajstić information content (AvgIpc) is 2.84. The molecule has 114 valence electrons. The van der Waals surface area contributed by atoms with Crippen LogP contribution >= 0.6 is 0 Å². The Morgan fingerprint density at radius 1 is 1.10 bits per heavy atom. The van der Waals surface area contributed by atoms with E-state index >= 15 is 0 Å². The first-order chi connectivity index (χ1) is 9.83. The third-order valence-corrected chi connectivity index (χ3v) is 4.89. The summed E-state index contributed by atoms with van der Waals surface area (Å²) in [6.45, 7) is 2.26. The third-order valence-electron chi connectivity index (χ3n) is 4.89. The van der Waals surface area contributed by atoms with Crippen LogP contribution in [-0.4, -0.2) is 22.9 Å². The Morgan fingerprint density at radius 2 is 1.95 bits per heavy atom. The maximum Gasteiger partial charge on any atom is 0.223 e. The highest BCUT2D eigenvalue weighted by Gasteiger charge is 2.37. The number of rotatable bonds is 8. The Bertz CT molecular complexity index is 323. The van der Waals surface area contributed by atoms with E-state index < -0.39 is 0 Å². The highest BCUT2D eigenvalue weighted by atomic mass is 16.2. The van der Waals surface area contributed by atoms with E-state index in [2.05, 4.69) is 24.0 Å². The fourth-order valence-electron chi connectivity index (χ4n) is 3.74. The topological polar surface area (TPSA) is 20.3 Å². The van der Waals surface area contributed by atoms with Crippen molar-refractivity contribution in [3.8, 4) is 0 Å². The SMILES string of the molecule is CCCCCCC/C=C/C[C@H]1CCC[C@@H]2CCC(=O)N21. The second-order valence-corrected chi connectivity index (χ2v) is 6.49. The largest absolute Gasteiger partial charge is 0.336 e. The molecule has 2 aliphatic heterocycles. The van der Waals surface area contributed by atoms with Crippen LogP contribution in [0.15, 0.2) is 12.2 Å². The lowest BCUT2D eigenvalue weighted by molar-refractivity contribution is -0.132. The Morgan fingerprint density at radius 3 is 2.80 bits per heavy atom. The van der Waals surface area contributed by atoms with Gasteiger partial charge in [0.15, 0.2) is 0 Å². The highest BCUT2D eigenvalue weighted by Crippen LogP contribution is 2.33. The molecule has 0 spiro atoms. The van der Waals surface area contributed by atoms with Crippen LogP contribution < -0.4 is 0 Å². The molecule has 0 radical (unpaired) electrons. The van der Waals surface area contributed by atoms with E-state index in [9.17, 15) is 4.79 Å². The standard InChI is InChI=1S/C18H31NO/c1-2-3-4-5-6-7-8-9-11-16-12-10-13-17-14-15-18(20)19(16)17/h8-9,16-17H,2-7,10-15H2,1H3/b9-8+/t16-,17+/m0/s1. The third kappa shape index (κ3) is 4.36. The van der Waals surface area contributed by atoms with Gasteiger partial charge in [-0.1, -0.05) is 44.8 Å². The summed E-state index contributed by atoms with van der Waals surface area (Å²) in [5.74, 6) is 0.410. The Labute approximate surface area is 124 Å². The summed E-state index contributed by atoms with van der Waals surface area (Å²) in [6.07, 6.45) is 19.4. The molecular weight excluding hydrogens is 246 g/mol. The van der Waals surface area contributed by atoms with E-state index in [1.807, 2.05) is 0 Å². The number of fused-ring (bicyclic) bond motifs is 1. The van der Waals surface area contributed by atoms with Gasteiger partial charge >= 0.3 is 0 Å². The molecule has 2 rings (SSSR count). The molecule has 2 fully saturated rings. The number of hydrogen-bond acceptors (Lipinski definition) is 1. The fraction of sp³-hybridized carbons (Fsp3) is 0.833. The fourth-order valence-corrected chi connectivity index (χ4v) is 3.74. The summed E-state index contributed by atoms with van der Waals surface area (Å²) < 4.78 is 0. The Balaban J connectivity index is 1.64. The van der Waals surface area contributed by atoms with Crippen molar-refractivity contribution in [1.29, 1.82) is 0 Å². The van der Waals surface area contributed by atoms with E-state index in [1.165, 1.54) is 57.8 Å². The minimum absolute atomic E-state index is 0.410. The lowest BCUT2D eigenvalue weighted by Gasteiger charge is -2.37. The maximum atomic E-state index is 12.0. The normalized spacial score (nSPS) is 26.4. The number of allylic oxidation sites excluding steroid dienone is 1.